The fraction of sp³-hybridized carbons (Fsp3) is 0.250. The van der Waals surface area contributed by atoms with Gasteiger partial charge in [-0.05, 0) is 26.0 Å². The quantitative estimate of drug-likeness (QED) is 0.562. The van der Waals surface area contributed by atoms with Crippen LogP contribution in [0.5, 0.6) is 0 Å². The van der Waals surface area contributed by atoms with Crippen molar-refractivity contribution >= 4 is 22.7 Å². The van der Waals surface area contributed by atoms with E-state index in [0.29, 0.717) is 11.1 Å². The molecule has 0 fully saturated rings. The summed E-state index contributed by atoms with van der Waals surface area (Å²) in [6.07, 6.45) is 3.12. The van der Waals surface area contributed by atoms with Crippen LogP contribution in [0.2, 0.25) is 0 Å². The van der Waals surface area contributed by atoms with Crippen molar-refractivity contribution in [2.75, 3.05) is 0 Å². The van der Waals surface area contributed by atoms with Gasteiger partial charge in [-0.1, -0.05) is 6.07 Å². The van der Waals surface area contributed by atoms with Crippen molar-refractivity contribution in [3.8, 4) is 0 Å². The molecule has 0 unspecified atom stereocenters. The molecule has 0 aliphatic carbocycles. The van der Waals surface area contributed by atoms with Gasteiger partial charge in [0, 0.05) is 12.2 Å². The van der Waals surface area contributed by atoms with Crippen LogP contribution in [-0.4, -0.2) is 10.6 Å². The van der Waals surface area contributed by atoms with Crippen LogP contribution in [0.3, 0.4) is 0 Å². The second-order valence-electron chi connectivity index (χ2n) is 3.85. The van der Waals surface area contributed by atoms with E-state index in [1.54, 1.807) is 12.3 Å². The smallest absolute Gasteiger partial charge is 0.240 e. The molecule has 16 heavy (non-hydrogen) atoms. The molecule has 2 rings (SSSR count). The van der Waals surface area contributed by atoms with E-state index in [-0.39, 0.29) is 11.9 Å². The molecular formula is C12H11FN2O. The molecule has 0 saturated carbocycles. The largest absolute Gasteiger partial charge is 0.343 e. The van der Waals surface area contributed by atoms with E-state index < -0.39 is 0 Å². The van der Waals surface area contributed by atoms with Crippen LogP contribution in [0.1, 0.15) is 19.9 Å². The van der Waals surface area contributed by atoms with Gasteiger partial charge in [-0.3, -0.25) is 0 Å². The number of aromatic nitrogens is 1. The third-order valence-corrected chi connectivity index (χ3v) is 2.51. The minimum atomic E-state index is -0.370. The van der Waals surface area contributed by atoms with Crippen molar-refractivity contribution in [1.29, 1.82) is 0 Å². The van der Waals surface area contributed by atoms with Crippen LogP contribution < -0.4 is 0 Å². The molecule has 0 radical (unpaired) electrons. The summed E-state index contributed by atoms with van der Waals surface area (Å²) in [4.78, 5) is 13.8. The summed E-state index contributed by atoms with van der Waals surface area (Å²) in [6, 6.07) is 4.99. The van der Waals surface area contributed by atoms with Crippen LogP contribution in [0.4, 0.5) is 10.1 Å². The Bertz CT molecular complexity index is 580. The van der Waals surface area contributed by atoms with Gasteiger partial charge in [0.2, 0.25) is 6.08 Å². The Hall–Kier alpha value is -1.93. The first-order valence-electron chi connectivity index (χ1n) is 5.02. The van der Waals surface area contributed by atoms with Gasteiger partial charge in [0.1, 0.15) is 11.5 Å². The first-order chi connectivity index (χ1) is 7.65. The zero-order valence-electron chi connectivity index (χ0n) is 9.07. The van der Waals surface area contributed by atoms with Gasteiger partial charge in [-0.25, -0.2) is 9.18 Å². The number of fused-ring (bicyclic) bond motifs is 1. The second-order valence-corrected chi connectivity index (χ2v) is 3.85. The van der Waals surface area contributed by atoms with Gasteiger partial charge >= 0.3 is 0 Å². The molecule has 0 aliphatic rings. The summed E-state index contributed by atoms with van der Waals surface area (Å²) in [6.45, 7) is 3.97. The number of carbonyl (C=O) groups excluding carboxylic acids is 1. The van der Waals surface area contributed by atoms with Crippen LogP contribution >= 0.6 is 0 Å². The summed E-state index contributed by atoms with van der Waals surface area (Å²) in [5.74, 6) is -0.370. The summed E-state index contributed by atoms with van der Waals surface area (Å²) >= 11 is 0. The molecule has 0 atom stereocenters. The average molecular weight is 218 g/mol. The lowest BCUT2D eigenvalue weighted by Crippen LogP contribution is -1.97. The van der Waals surface area contributed by atoms with Crippen LogP contribution in [0.15, 0.2) is 29.4 Å². The molecule has 0 N–H and O–H groups in total. The van der Waals surface area contributed by atoms with E-state index in [2.05, 4.69) is 4.99 Å². The Kier molecular flexibility index (Phi) is 2.59. The molecule has 82 valence electrons. The molecule has 2 aromatic rings. The summed E-state index contributed by atoms with van der Waals surface area (Å²) < 4.78 is 15.5. The van der Waals surface area contributed by atoms with E-state index in [9.17, 15) is 9.18 Å². The Morgan fingerprint density at radius 1 is 1.44 bits per heavy atom. The molecule has 1 aromatic carbocycles. The lowest BCUT2D eigenvalue weighted by molar-refractivity contribution is 0.565. The van der Waals surface area contributed by atoms with Gasteiger partial charge in [0.15, 0.2) is 0 Å². The van der Waals surface area contributed by atoms with E-state index >= 15 is 0 Å². The number of benzene rings is 1. The molecular weight excluding hydrogens is 207 g/mol. The van der Waals surface area contributed by atoms with Crippen molar-refractivity contribution in [3.63, 3.8) is 0 Å². The number of isocyanates is 1. The number of hydrogen-bond donors (Lipinski definition) is 0. The van der Waals surface area contributed by atoms with E-state index in [1.165, 1.54) is 12.1 Å². The minimum absolute atomic E-state index is 0.180. The normalized spacial score (nSPS) is 10.8. The summed E-state index contributed by atoms with van der Waals surface area (Å²) in [5, 5.41) is 0.375. The molecule has 0 bridgehead atoms. The van der Waals surface area contributed by atoms with Crippen LogP contribution in [-0.2, 0) is 4.79 Å². The van der Waals surface area contributed by atoms with Crippen molar-refractivity contribution < 1.29 is 9.18 Å². The lowest BCUT2D eigenvalue weighted by Gasteiger charge is -2.08. The zero-order chi connectivity index (χ0) is 11.7. The second kappa shape index (κ2) is 3.91. The van der Waals surface area contributed by atoms with Crippen molar-refractivity contribution in [1.82, 2.24) is 4.57 Å². The SMILES string of the molecule is CC(C)n1cc(N=C=O)c2c(F)cccc21. The topological polar surface area (TPSA) is 34.4 Å². The Morgan fingerprint density at radius 2 is 2.19 bits per heavy atom. The van der Waals surface area contributed by atoms with Gasteiger partial charge in [0.05, 0.1) is 10.9 Å². The summed E-state index contributed by atoms with van der Waals surface area (Å²) in [5.41, 5.74) is 1.07. The first kappa shape index (κ1) is 10.6. The van der Waals surface area contributed by atoms with Gasteiger partial charge in [-0.2, -0.15) is 4.99 Å². The van der Waals surface area contributed by atoms with Crippen molar-refractivity contribution in [2.24, 2.45) is 4.99 Å². The highest BCUT2D eigenvalue weighted by molar-refractivity contribution is 5.92. The van der Waals surface area contributed by atoms with Crippen molar-refractivity contribution in [3.05, 3.63) is 30.2 Å². The predicted octanol–water partition coefficient (Wildman–Crippen LogP) is 3.33. The molecule has 0 aliphatic heterocycles. The molecule has 4 heteroatoms. The molecule has 1 heterocycles. The molecule has 0 spiro atoms. The Labute approximate surface area is 92.2 Å². The predicted molar refractivity (Wildman–Crippen MR) is 60.1 cm³/mol. The average Bonchev–Trinajstić information content (AvgIpc) is 2.59. The van der Waals surface area contributed by atoms with E-state index in [4.69, 9.17) is 0 Å². The molecule has 1 aromatic heterocycles. The Morgan fingerprint density at radius 3 is 2.81 bits per heavy atom. The van der Waals surface area contributed by atoms with Crippen molar-refractivity contribution in [2.45, 2.75) is 19.9 Å². The first-order valence-corrected chi connectivity index (χ1v) is 5.02. The zero-order valence-corrected chi connectivity index (χ0v) is 9.07. The van der Waals surface area contributed by atoms with E-state index in [0.717, 1.165) is 5.52 Å². The third kappa shape index (κ3) is 1.53. The molecule has 0 amide bonds. The number of hydrogen-bond acceptors (Lipinski definition) is 2. The van der Waals surface area contributed by atoms with Gasteiger partial charge < -0.3 is 4.57 Å². The molecule has 0 saturated heterocycles. The highest BCUT2D eigenvalue weighted by atomic mass is 19.1. The highest BCUT2D eigenvalue weighted by Gasteiger charge is 2.13. The standard InChI is InChI=1S/C12H11FN2O/c1-8(2)15-6-10(14-7-16)12-9(13)4-3-5-11(12)15/h3-6,8H,1-2H3. The number of halogens is 1. The van der Waals surface area contributed by atoms with Crippen LogP contribution in [0, 0.1) is 5.82 Å². The Balaban J connectivity index is 2.87. The number of aliphatic imine (C=N–C) groups is 1. The lowest BCUT2D eigenvalue weighted by atomic mass is 10.2. The van der Waals surface area contributed by atoms with Crippen LogP contribution in [0.25, 0.3) is 10.9 Å². The number of rotatable bonds is 2. The maximum atomic E-state index is 13.6. The third-order valence-electron chi connectivity index (χ3n) is 2.51. The van der Waals surface area contributed by atoms with Gasteiger partial charge in [-0.15, -0.1) is 0 Å². The number of nitrogens with zero attached hydrogens (tertiary/aromatic N) is 2. The maximum Gasteiger partial charge on any atom is 0.240 e. The van der Waals surface area contributed by atoms with E-state index in [1.807, 2.05) is 24.5 Å². The van der Waals surface area contributed by atoms with Gasteiger partial charge in [0.25, 0.3) is 0 Å². The highest BCUT2D eigenvalue weighted by Crippen LogP contribution is 2.32. The monoisotopic (exact) mass is 218 g/mol. The summed E-state index contributed by atoms with van der Waals surface area (Å²) in [7, 11) is 0. The fourth-order valence-corrected chi connectivity index (χ4v) is 1.81. The fourth-order valence-electron chi connectivity index (χ4n) is 1.81. The molecule has 3 nitrogen and oxygen atoms in total. The maximum absolute atomic E-state index is 13.6. The minimum Gasteiger partial charge on any atom is -0.343 e.